The van der Waals surface area contributed by atoms with Gasteiger partial charge in [0.2, 0.25) is 5.78 Å². The van der Waals surface area contributed by atoms with Gasteiger partial charge in [-0.25, -0.2) is 0 Å². The number of allylic oxidation sites excluding steroid dienone is 4. The van der Waals surface area contributed by atoms with E-state index in [1.165, 1.54) is 15.9 Å². The van der Waals surface area contributed by atoms with Gasteiger partial charge in [0.05, 0.1) is 0 Å². The van der Waals surface area contributed by atoms with Crippen LogP contribution in [0.2, 0.25) is 0 Å². The van der Waals surface area contributed by atoms with Gasteiger partial charge < -0.3 is 0 Å². The van der Waals surface area contributed by atoms with Gasteiger partial charge in [0.1, 0.15) is 23.2 Å². The van der Waals surface area contributed by atoms with Crippen LogP contribution in [-0.2, 0) is 4.79 Å². The Labute approximate surface area is 155 Å². The molecule has 0 saturated heterocycles. The van der Waals surface area contributed by atoms with E-state index < -0.39 is 7.26 Å². The zero-order valence-corrected chi connectivity index (χ0v) is 15.3. The van der Waals surface area contributed by atoms with Crippen LogP contribution in [0.25, 0.3) is 0 Å². The summed E-state index contributed by atoms with van der Waals surface area (Å²) in [7, 11) is -2.17. The van der Waals surface area contributed by atoms with E-state index in [4.69, 9.17) is 0 Å². The van der Waals surface area contributed by atoms with Crippen LogP contribution in [0.1, 0.15) is 0 Å². The smallest absolute Gasteiger partial charge is 0.200 e. The van der Waals surface area contributed by atoms with E-state index in [-0.39, 0.29) is 11.4 Å². The SMILES string of the molecule is O=C1C=CC=CC1[P+](c1ccccc1)(c1ccccc1)c1ccccc1. The normalized spacial score (nSPS) is 16.6. The second-order valence-corrected chi connectivity index (χ2v) is 9.87. The van der Waals surface area contributed by atoms with Crippen LogP contribution >= 0.6 is 7.26 Å². The molecule has 26 heavy (non-hydrogen) atoms. The van der Waals surface area contributed by atoms with Crippen molar-refractivity contribution in [1.82, 2.24) is 0 Å². The first-order valence-electron chi connectivity index (χ1n) is 8.78. The van der Waals surface area contributed by atoms with Gasteiger partial charge in [-0.2, -0.15) is 0 Å². The Morgan fingerprint density at radius 3 is 1.38 bits per heavy atom. The third kappa shape index (κ3) is 2.75. The van der Waals surface area contributed by atoms with Crippen molar-refractivity contribution in [1.29, 1.82) is 0 Å². The minimum atomic E-state index is -2.17. The number of rotatable bonds is 4. The first-order chi connectivity index (χ1) is 12.8. The molecule has 0 N–H and O–H groups in total. The topological polar surface area (TPSA) is 17.1 Å². The number of hydrogen-bond acceptors (Lipinski definition) is 1. The molecule has 0 aliphatic heterocycles. The summed E-state index contributed by atoms with van der Waals surface area (Å²) in [5.74, 6) is 0.178. The Balaban J connectivity index is 2.09. The second kappa shape index (κ2) is 7.23. The average Bonchev–Trinajstić information content (AvgIpc) is 2.72. The summed E-state index contributed by atoms with van der Waals surface area (Å²) >= 11 is 0. The molecule has 0 amide bonds. The molecule has 1 aliphatic carbocycles. The standard InChI is InChI=1S/C24H20OP/c25-23-18-10-11-19-24(23)26(20-12-4-1-5-13-20,21-14-6-2-7-15-21)22-16-8-3-9-17-22/h1-19,24H/q+1. The Kier molecular flexibility index (Phi) is 4.65. The van der Waals surface area contributed by atoms with E-state index >= 15 is 0 Å². The van der Waals surface area contributed by atoms with E-state index in [9.17, 15) is 4.79 Å². The first kappa shape index (κ1) is 16.7. The highest BCUT2D eigenvalue weighted by atomic mass is 31.2. The van der Waals surface area contributed by atoms with Crippen molar-refractivity contribution in [3.8, 4) is 0 Å². The molecular formula is C24H20OP+. The maximum atomic E-state index is 13.1. The van der Waals surface area contributed by atoms with Gasteiger partial charge in [0, 0.05) is 0 Å². The fraction of sp³-hybridized carbons (Fsp3) is 0.0417. The lowest BCUT2D eigenvalue weighted by Crippen LogP contribution is -2.41. The second-order valence-electron chi connectivity index (χ2n) is 6.32. The predicted octanol–water partition coefficient (Wildman–Crippen LogP) is 4.04. The van der Waals surface area contributed by atoms with E-state index in [0.29, 0.717) is 0 Å². The maximum Gasteiger partial charge on any atom is 0.200 e. The summed E-state index contributed by atoms with van der Waals surface area (Å²) in [5, 5.41) is 3.70. The fourth-order valence-electron chi connectivity index (χ4n) is 3.75. The number of carbonyl (C=O) groups is 1. The van der Waals surface area contributed by atoms with Crippen LogP contribution in [0.15, 0.2) is 115 Å². The first-order valence-corrected chi connectivity index (χ1v) is 10.6. The summed E-state index contributed by atoms with van der Waals surface area (Å²) < 4.78 is 0. The zero-order chi connectivity index (χ0) is 17.8. The maximum absolute atomic E-state index is 13.1. The van der Waals surface area contributed by atoms with Gasteiger partial charge >= 0.3 is 0 Å². The number of hydrogen-bond donors (Lipinski definition) is 0. The molecule has 1 nitrogen and oxygen atoms in total. The van der Waals surface area contributed by atoms with Crippen molar-refractivity contribution in [3.63, 3.8) is 0 Å². The molecule has 0 spiro atoms. The Morgan fingerprint density at radius 2 is 1.00 bits per heavy atom. The van der Waals surface area contributed by atoms with Crippen LogP contribution in [0.4, 0.5) is 0 Å². The molecule has 2 heteroatoms. The molecule has 3 aromatic rings. The fourth-order valence-corrected chi connectivity index (χ4v) is 8.36. The third-order valence-electron chi connectivity index (χ3n) is 4.86. The lowest BCUT2D eigenvalue weighted by molar-refractivity contribution is -0.113. The van der Waals surface area contributed by atoms with E-state index in [1.807, 2.05) is 30.4 Å². The molecule has 1 atom stereocenters. The minimum absolute atomic E-state index is 0.178. The largest absolute Gasteiger partial charge is 0.290 e. The summed E-state index contributed by atoms with van der Waals surface area (Å²) in [6, 6.07) is 31.6. The van der Waals surface area contributed by atoms with Gasteiger partial charge in [0.15, 0.2) is 5.66 Å². The highest BCUT2D eigenvalue weighted by Gasteiger charge is 2.54. The molecule has 126 valence electrons. The Morgan fingerprint density at radius 1 is 0.577 bits per heavy atom. The van der Waals surface area contributed by atoms with Crippen LogP contribution in [-0.4, -0.2) is 11.4 Å². The number of ketones is 1. The van der Waals surface area contributed by atoms with Crippen molar-refractivity contribution >= 4 is 29.0 Å². The summed E-state index contributed by atoms with van der Waals surface area (Å²) in [5.41, 5.74) is -0.181. The molecular weight excluding hydrogens is 335 g/mol. The van der Waals surface area contributed by atoms with Crippen molar-refractivity contribution in [2.24, 2.45) is 0 Å². The van der Waals surface area contributed by atoms with E-state index in [0.717, 1.165) is 0 Å². The molecule has 0 heterocycles. The zero-order valence-electron chi connectivity index (χ0n) is 14.4. The highest BCUT2D eigenvalue weighted by molar-refractivity contribution is 7.97. The summed E-state index contributed by atoms with van der Waals surface area (Å²) in [4.78, 5) is 13.1. The molecule has 0 saturated carbocycles. The molecule has 0 bridgehead atoms. The molecule has 0 radical (unpaired) electrons. The predicted molar refractivity (Wildman–Crippen MR) is 112 cm³/mol. The number of carbonyl (C=O) groups excluding carboxylic acids is 1. The van der Waals surface area contributed by atoms with Crippen molar-refractivity contribution in [2.45, 2.75) is 5.66 Å². The average molecular weight is 355 g/mol. The van der Waals surface area contributed by atoms with Crippen molar-refractivity contribution < 1.29 is 4.79 Å². The van der Waals surface area contributed by atoms with Crippen molar-refractivity contribution in [2.75, 3.05) is 0 Å². The third-order valence-corrected chi connectivity index (χ3v) is 9.46. The summed E-state index contributed by atoms with van der Waals surface area (Å²) in [6.45, 7) is 0. The number of benzene rings is 3. The van der Waals surface area contributed by atoms with Crippen LogP contribution in [0.3, 0.4) is 0 Å². The van der Waals surface area contributed by atoms with Gasteiger partial charge in [-0.05, 0) is 48.6 Å². The monoisotopic (exact) mass is 355 g/mol. The minimum Gasteiger partial charge on any atom is -0.290 e. The van der Waals surface area contributed by atoms with Crippen LogP contribution in [0.5, 0.6) is 0 Å². The summed E-state index contributed by atoms with van der Waals surface area (Å²) in [6.07, 6.45) is 7.65. The van der Waals surface area contributed by atoms with Gasteiger partial charge in [-0.3, -0.25) is 4.79 Å². The molecule has 1 aliphatic rings. The molecule has 0 fully saturated rings. The van der Waals surface area contributed by atoms with Gasteiger partial charge in [-0.1, -0.05) is 66.7 Å². The molecule has 3 aromatic carbocycles. The van der Waals surface area contributed by atoms with Crippen molar-refractivity contribution in [3.05, 3.63) is 115 Å². The van der Waals surface area contributed by atoms with Crippen LogP contribution in [0, 0.1) is 0 Å². The van der Waals surface area contributed by atoms with E-state index in [1.54, 1.807) is 6.08 Å². The Bertz CT molecular complexity index is 847. The van der Waals surface area contributed by atoms with E-state index in [2.05, 4.69) is 78.9 Å². The molecule has 0 aromatic heterocycles. The molecule has 4 rings (SSSR count). The van der Waals surface area contributed by atoms with Gasteiger partial charge in [0.25, 0.3) is 0 Å². The lowest BCUT2D eigenvalue weighted by Gasteiger charge is -2.32. The Hall–Kier alpha value is -2.76. The quantitative estimate of drug-likeness (QED) is 0.646. The molecule has 1 unspecified atom stereocenters. The van der Waals surface area contributed by atoms with Gasteiger partial charge in [-0.15, -0.1) is 0 Å². The lowest BCUT2D eigenvalue weighted by atomic mass is 10.2. The highest BCUT2D eigenvalue weighted by Crippen LogP contribution is 2.60. The van der Waals surface area contributed by atoms with Crippen LogP contribution < -0.4 is 15.9 Å².